The Bertz CT molecular complexity index is 592. The van der Waals surface area contributed by atoms with Gasteiger partial charge in [0, 0.05) is 23.4 Å². The van der Waals surface area contributed by atoms with Crippen LogP contribution >= 0.6 is 0 Å². The fourth-order valence-corrected chi connectivity index (χ4v) is 4.50. The molecule has 2 saturated heterocycles. The number of rotatable bonds is 2. The van der Waals surface area contributed by atoms with E-state index in [9.17, 15) is 0 Å². The quantitative estimate of drug-likeness (QED) is 0.861. The van der Waals surface area contributed by atoms with Gasteiger partial charge in [-0.15, -0.1) is 0 Å². The van der Waals surface area contributed by atoms with Gasteiger partial charge < -0.3 is 5.32 Å². The highest BCUT2D eigenvalue weighted by Gasteiger charge is 2.55. The van der Waals surface area contributed by atoms with E-state index in [1.54, 1.807) is 0 Å². The van der Waals surface area contributed by atoms with E-state index in [1.807, 2.05) is 0 Å². The van der Waals surface area contributed by atoms with Crippen LogP contribution in [0.2, 0.25) is 0 Å². The molecule has 2 aromatic rings. The van der Waals surface area contributed by atoms with Crippen LogP contribution in [0, 0.1) is 0 Å². The molecule has 0 radical (unpaired) electrons. The second-order valence-corrected chi connectivity index (χ2v) is 6.53. The highest BCUT2D eigenvalue weighted by molar-refractivity contribution is 5.38. The predicted octanol–water partition coefficient (Wildman–Crippen LogP) is 4.08. The number of fused-ring (bicyclic) bond motifs is 2. The second-order valence-electron chi connectivity index (χ2n) is 6.53. The molecule has 20 heavy (non-hydrogen) atoms. The first-order valence-corrected chi connectivity index (χ1v) is 7.65. The summed E-state index contributed by atoms with van der Waals surface area (Å²) in [4.78, 5) is 0. The summed E-state index contributed by atoms with van der Waals surface area (Å²) in [5, 5.41) is 3.90. The Labute approximate surface area is 121 Å². The molecule has 4 rings (SSSR count). The molecule has 2 aromatic carbocycles. The molecular formula is C19H21N. The van der Waals surface area contributed by atoms with Crippen molar-refractivity contribution >= 4 is 0 Å². The molecule has 0 saturated carbocycles. The zero-order valence-electron chi connectivity index (χ0n) is 11.9. The Hall–Kier alpha value is -1.60. The third-order valence-electron chi connectivity index (χ3n) is 5.31. The predicted molar refractivity (Wildman–Crippen MR) is 82.9 cm³/mol. The zero-order chi connectivity index (χ0) is 13.6. The van der Waals surface area contributed by atoms with Gasteiger partial charge in [-0.25, -0.2) is 0 Å². The first kappa shape index (κ1) is 12.2. The molecule has 1 N–H and O–H groups in total. The normalized spacial score (nSPS) is 35.4. The van der Waals surface area contributed by atoms with Gasteiger partial charge in [0.15, 0.2) is 0 Å². The molecule has 0 spiro atoms. The van der Waals surface area contributed by atoms with Gasteiger partial charge in [0.05, 0.1) is 0 Å². The van der Waals surface area contributed by atoms with Crippen molar-refractivity contribution in [2.75, 3.05) is 0 Å². The van der Waals surface area contributed by atoms with Crippen molar-refractivity contribution in [2.24, 2.45) is 0 Å². The van der Waals surface area contributed by atoms with E-state index in [2.05, 4.69) is 72.9 Å². The number of hydrogen-bond acceptors (Lipinski definition) is 1. The summed E-state index contributed by atoms with van der Waals surface area (Å²) in [6, 6.07) is 22.7. The number of hydrogen-bond donors (Lipinski definition) is 1. The van der Waals surface area contributed by atoms with Gasteiger partial charge in [-0.1, -0.05) is 60.7 Å². The van der Waals surface area contributed by atoms with E-state index in [0.717, 1.165) is 0 Å². The Balaban J connectivity index is 1.81. The molecule has 4 atom stereocenters. The molecule has 1 heteroatoms. The summed E-state index contributed by atoms with van der Waals surface area (Å²) in [6.45, 7) is 2.41. The first-order valence-electron chi connectivity index (χ1n) is 7.65. The van der Waals surface area contributed by atoms with Crippen LogP contribution in [0.25, 0.3) is 0 Å². The van der Waals surface area contributed by atoms with Crippen molar-refractivity contribution in [3.05, 3.63) is 71.8 Å². The van der Waals surface area contributed by atoms with Crippen molar-refractivity contribution in [1.82, 2.24) is 5.32 Å². The van der Waals surface area contributed by atoms with Gasteiger partial charge in [-0.2, -0.15) is 0 Å². The van der Waals surface area contributed by atoms with Gasteiger partial charge in [-0.3, -0.25) is 0 Å². The summed E-state index contributed by atoms with van der Waals surface area (Å²) in [6.07, 6.45) is 2.60. The van der Waals surface area contributed by atoms with Crippen LogP contribution < -0.4 is 5.32 Å². The summed E-state index contributed by atoms with van der Waals surface area (Å²) in [5.74, 6) is 1.20. The van der Waals surface area contributed by atoms with Crippen molar-refractivity contribution in [2.45, 2.75) is 43.2 Å². The van der Waals surface area contributed by atoms with Crippen LogP contribution in [0.5, 0.6) is 0 Å². The smallest absolute Gasteiger partial charge is 0.0231 e. The average molecular weight is 263 g/mol. The van der Waals surface area contributed by atoms with E-state index in [-0.39, 0.29) is 5.54 Å². The SMILES string of the molecule is CC12CCC(N1)C(c1ccccc1)C2c1ccccc1. The van der Waals surface area contributed by atoms with Crippen LogP contribution in [-0.2, 0) is 0 Å². The van der Waals surface area contributed by atoms with Crippen LogP contribution in [0.4, 0.5) is 0 Å². The molecule has 0 amide bonds. The molecule has 4 unspecified atom stereocenters. The van der Waals surface area contributed by atoms with E-state index in [4.69, 9.17) is 0 Å². The Morgan fingerprint density at radius 2 is 1.50 bits per heavy atom. The third kappa shape index (κ3) is 1.73. The van der Waals surface area contributed by atoms with Crippen molar-refractivity contribution in [3.63, 3.8) is 0 Å². The fraction of sp³-hybridized carbons (Fsp3) is 0.368. The highest BCUT2D eigenvalue weighted by atomic mass is 15.1. The minimum atomic E-state index is 0.256. The second kappa shape index (κ2) is 4.46. The lowest BCUT2D eigenvalue weighted by Gasteiger charge is -2.36. The van der Waals surface area contributed by atoms with E-state index < -0.39 is 0 Å². The van der Waals surface area contributed by atoms with Crippen LogP contribution in [-0.4, -0.2) is 11.6 Å². The van der Waals surface area contributed by atoms with Gasteiger partial charge in [0.25, 0.3) is 0 Å². The monoisotopic (exact) mass is 263 g/mol. The standard InChI is InChI=1S/C19H21N/c1-19-13-12-16(20-19)17(14-8-4-2-5-9-14)18(19)15-10-6-3-7-11-15/h2-11,16-18,20H,12-13H2,1H3. The third-order valence-corrected chi connectivity index (χ3v) is 5.31. The maximum Gasteiger partial charge on any atom is 0.0231 e. The van der Waals surface area contributed by atoms with Gasteiger partial charge in [0.2, 0.25) is 0 Å². The molecule has 2 bridgehead atoms. The largest absolute Gasteiger partial charge is 0.307 e. The fourth-order valence-electron chi connectivity index (χ4n) is 4.50. The maximum atomic E-state index is 3.90. The topological polar surface area (TPSA) is 12.0 Å². The van der Waals surface area contributed by atoms with Gasteiger partial charge in [-0.05, 0) is 30.9 Å². The Kier molecular flexibility index (Phi) is 2.71. The minimum absolute atomic E-state index is 0.256. The molecule has 0 aromatic heterocycles. The van der Waals surface area contributed by atoms with Gasteiger partial charge >= 0.3 is 0 Å². The summed E-state index contributed by atoms with van der Waals surface area (Å²) in [7, 11) is 0. The molecule has 102 valence electrons. The van der Waals surface area contributed by atoms with Crippen molar-refractivity contribution in [3.8, 4) is 0 Å². The molecule has 0 aliphatic carbocycles. The lowest BCUT2D eigenvalue weighted by molar-refractivity contribution is 0.346. The summed E-state index contributed by atoms with van der Waals surface area (Å²) in [5.41, 5.74) is 3.23. The molecule has 2 fully saturated rings. The average Bonchev–Trinajstić information content (AvgIpc) is 3.02. The Morgan fingerprint density at radius 1 is 0.900 bits per heavy atom. The van der Waals surface area contributed by atoms with Crippen LogP contribution in [0.3, 0.4) is 0 Å². The van der Waals surface area contributed by atoms with Crippen molar-refractivity contribution in [1.29, 1.82) is 0 Å². The lowest BCUT2D eigenvalue weighted by atomic mass is 9.67. The van der Waals surface area contributed by atoms with Gasteiger partial charge in [0.1, 0.15) is 0 Å². The number of nitrogens with one attached hydrogen (secondary N) is 1. The summed E-state index contributed by atoms with van der Waals surface area (Å²) >= 11 is 0. The molecule has 2 aliphatic heterocycles. The highest BCUT2D eigenvalue weighted by Crippen LogP contribution is 2.55. The van der Waals surface area contributed by atoms with Crippen molar-refractivity contribution < 1.29 is 0 Å². The lowest BCUT2D eigenvalue weighted by Crippen LogP contribution is -2.37. The molecular weight excluding hydrogens is 242 g/mol. The molecule has 2 aliphatic rings. The Morgan fingerprint density at radius 3 is 2.15 bits per heavy atom. The van der Waals surface area contributed by atoms with E-state index in [0.29, 0.717) is 17.9 Å². The molecule has 1 nitrogen and oxygen atoms in total. The maximum absolute atomic E-state index is 3.90. The van der Waals surface area contributed by atoms with Crippen LogP contribution in [0.15, 0.2) is 60.7 Å². The van der Waals surface area contributed by atoms with E-state index >= 15 is 0 Å². The van der Waals surface area contributed by atoms with Crippen LogP contribution in [0.1, 0.15) is 42.7 Å². The number of benzene rings is 2. The minimum Gasteiger partial charge on any atom is -0.307 e. The first-order chi connectivity index (χ1) is 9.78. The van der Waals surface area contributed by atoms with E-state index in [1.165, 1.54) is 24.0 Å². The molecule has 2 heterocycles. The summed E-state index contributed by atoms with van der Waals surface area (Å²) < 4.78 is 0. The zero-order valence-corrected chi connectivity index (χ0v) is 11.9.